The van der Waals surface area contributed by atoms with Crippen molar-refractivity contribution in [3.63, 3.8) is 0 Å². The molecule has 318 valence electrons. The largest absolute Gasteiger partial charge is 0.355 e. The number of piperidine rings is 2. The Balaban J connectivity index is 0.000000166. The average molecular weight is 825 g/mol. The molecule has 4 heterocycles. The van der Waals surface area contributed by atoms with Crippen LogP contribution >= 0.6 is 0 Å². The second-order valence-electron chi connectivity index (χ2n) is 17.2. The third-order valence-electron chi connectivity index (χ3n) is 13.8. The summed E-state index contributed by atoms with van der Waals surface area (Å²) in [6, 6.07) is 31.2. The van der Waals surface area contributed by atoms with Gasteiger partial charge in [0.05, 0.1) is 11.1 Å². The zero-order chi connectivity index (χ0) is 41.6. The maximum atomic E-state index is 13.4. The van der Waals surface area contributed by atoms with Crippen LogP contribution < -0.4 is 10.8 Å². The van der Waals surface area contributed by atoms with Gasteiger partial charge in [-0.3, -0.25) is 29.2 Å². The molecule has 61 heavy (non-hydrogen) atoms. The zero-order valence-electron chi connectivity index (χ0n) is 34.1. The third-order valence-corrected chi connectivity index (χ3v) is 13.8. The Labute approximate surface area is 357 Å². The van der Waals surface area contributed by atoms with Crippen LogP contribution in [-0.2, 0) is 29.0 Å². The van der Waals surface area contributed by atoms with Crippen LogP contribution in [0.15, 0.2) is 97.1 Å². The second kappa shape index (κ2) is 16.9. The van der Waals surface area contributed by atoms with Gasteiger partial charge in [0.1, 0.15) is 0 Å². The highest BCUT2D eigenvalue weighted by atomic mass is 16.5. The molecular formula is C49H56N6O6. The molecule has 4 aromatic rings. The first-order valence-electron chi connectivity index (χ1n) is 21.4. The summed E-state index contributed by atoms with van der Waals surface area (Å²) in [4.78, 5) is 71.3. The van der Waals surface area contributed by atoms with Crippen molar-refractivity contribution < 1.29 is 29.2 Å². The number of fused-ring (bicyclic) bond motifs is 4. The molecule has 6 aliphatic rings. The van der Waals surface area contributed by atoms with E-state index < -0.39 is 5.91 Å². The molecule has 2 spiro atoms. The lowest BCUT2D eigenvalue weighted by Gasteiger charge is -2.45. The summed E-state index contributed by atoms with van der Waals surface area (Å²) in [5, 5.41) is 11.4. The van der Waals surface area contributed by atoms with Gasteiger partial charge in [0.15, 0.2) is 0 Å². The number of rotatable bonds is 8. The Morgan fingerprint density at radius 3 is 1.49 bits per heavy atom. The van der Waals surface area contributed by atoms with Crippen molar-refractivity contribution in [3.8, 4) is 0 Å². The van der Waals surface area contributed by atoms with Crippen LogP contribution in [0.5, 0.6) is 0 Å². The number of nitrogens with zero attached hydrogens (tertiary/aromatic N) is 4. The number of benzene rings is 4. The standard InChI is InChI=1S/C25H27N3O3.C23H25N3O3.CH4/c1-26-22(29)18-8-6-17(7-9-18)16-28-24(31)20-4-2-3-5-21(20)25(28)12-14-27(15-13-25)23(30)19-10-11-19;27-21(24-29)17-7-5-16(6-8-17)15-26-22(28)19-3-1-2-4-20(19)23(26)11-13-25(14-12-23)18-9-10-18;/h2-9,19H,10-16H2,1H3,(H,26,29);1-8,18,29H,9-15H2,(H,24,27);1H4. The van der Waals surface area contributed by atoms with Crippen LogP contribution in [0.4, 0.5) is 0 Å². The molecule has 3 N–H and O–H groups in total. The molecule has 12 nitrogen and oxygen atoms in total. The molecular weight excluding hydrogens is 769 g/mol. The van der Waals surface area contributed by atoms with Crippen molar-refractivity contribution in [1.82, 2.24) is 30.4 Å². The SMILES string of the molecule is C.CNC(=O)c1ccc(CN2C(=O)c3ccccc3C23CCN(C(=O)C2CC2)CC3)cc1.O=C(NO)c1ccc(CN2C(=O)c3ccccc3C23CCN(C2CC2)CC3)cc1. The minimum absolute atomic E-state index is 0. The van der Waals surface area contributed by atoms with Gasteiger partial charge in [-0.2, -0.15) is 0 Å². The highest BCUT2D eigenvalue weighted by Crippen LogP contribution is 2.49. The molecule has 2 saturated heterocycles. The third kappa shape index (κ3) is 7.72. The molecule has 0 atom stereocenters. The molecule has 0 radical (unpaired) electrons. The van der Waals surface area contributed by atoms with Crippen LogP contribution in [0.25, 0.3) is 0 Å². The number of carbonyl (C=O) groups is 5. The quantitative estimate of drug-likeness (QED) is 0.136. The number of hydroxylamine groups is 1. The fourth-order valence-electron chi connectivity index (χ4n) is 10.1. The van der Waals surface area contributed by atoms with Gasteiger partial charge in [-0.15, -0.1) is 0 Å². The molecule has 4 fully saturated rings. The molecule has 0 aromatic heterocycles. The van der Waals surface area contributed by atoms with Gasteiger partial charge in [-0.05, 0) is 110 Å². The van der Waals surface area contributed by atoms with E-state index in [4.69, 9.17) is 5.21 Å². The van der Waals surface area contributed by atoms with Crippen molar-refractivity contribution >= 4 is 29.5 Å². The fraction of sp³-hybridized carbons (Fsp3) is 0.408. The van der Waals surface area contributed by atoms with E-state index in [1.165, 1.54) is 12.8 Å². The molecule has 10 rings (SSSR count). The van der Waals surface area contributed by atoms with Crippen molar-refractivity contribution in [2.75, 3.05) is 33.2 Å². The summed E-state index contributed by atoms with van der Waals surface area (Å²) in [6.07, 6.45) is 8.06. The maximum Gasteiger partial charge on any atom is 0.274 e. The smallest absolute Gasteiger partial charge is 0.274 e. The minimum atomic E-state index is -0.537. The van der Waals surface area contributed by atoms with Crippen LogP contribution in [0.2, 0.25) is 0 Å². The normalized spacial score (nSPS) is 19.7. The lowest BCUT2D eigenvalue weighted by Crippen LogP contribution is -2.52. The van der Waals surface area contributed by atoms with E-state index in [-0.39, 0.29) is 48.1 Å². The molecule has 4 aliphatic heterocycles. The summed E-state index contributed by atoms with van der Waals surface area (Å²) >= 11 is 0. The van der Waals surface area contributed by atoms with Gasteiger partial charge in [0, 0.05) is 80.5 Å². The maximum absolute atomic E-state index is 13.4. The first-order valence-corrected chi connectivity index (χ1v) is 21.4. The molecule has 12 heteroatoms. The van der Waals surface area contributed by atoms with Gasteiger partial charge < -0.3 is 24.9 Å². The predicted molar refractivity (Wildman–Crippen MR) is 231 cm³/mol. The second-order valence-corrected chi connectivity index (χ2v) is 17.2. The molecule has 0 bridgehead atoms. The van der Waals surface area contributed by atoms with E-state index in [0.717, 1.165) is 91.0 Å². The van der Waals surface area contributed by atoms with E-state index in [2.05, 4.69) is 22.3 Å². The Hall–Kier alpha value is -5.85. The van der Waals surface area contributed by atoms with Crippen molar-refractivity contribution in [1.29, 1.82) is 0 Å². The summed E-state index contributed by atoms with van der Waals surface area (Å²) < 4.78 is 0. The highest BCUT2D eigenvalue weighted by molar-refractivity contribution is 6.01. The number of amides is 5. The van der Waals surface area contributed by atoms with Gasteiger partial charge in [0.25, 0.3) is 23.6 Å². The molecule has 2 saturated carbocycles. The topological polar surface area (TPSA) is 143 Å². The van der Waals surface area contributed by atoms with E-state index in [9.17, 15) is 24.0 Å². The first-order chi connectivity index (χ1) is 29.2. The Kier molecular flexibility index (Phi) is 11.6. The molecule has 2 aliphatic carbocycles. The van der Waals surface area contributed by atoms with Gasteiger partial charge in [0.2, 0.25) is 5.91 Å². The monoisotopic (exact) mass is 824 g/mol. The average Bonchev–Trinajstić information content (AvgIpc) is 4.25. The van der Waals surface area contributed by atoms with Crippen molar-refractivity contribution in [2.24, 2.45) is 5.92 Å². The Morgan fingerprint density at radius 2 is 1.07 bits per heavy atom. The Morgan fingerprint density at radius 1 is 0.623 bits per heavy atom. The number of nitrogens with one attached hydrogen (secondary N) is 2. The number of likely N-dealkylation sites (tertiary alicyclic amines) is 2. The van der Waals surface area contributed by atoms with E-state index in [1.54, 1.807) is 36.8 Å². The number of hydrogen-bond donors (Lipinski definition) is 3. The van der Waals surface area contributed by atoms with E-state index in [0.29, 0.717) is 37.3 Å². The van der Waals surface area contributed by atoms with E-state index >= 15 is 0 Å². The lowest BCUT2D eigenvalue weighted by atomic mass is 9.80. The van der Waals surface area contributed by atoms with Crippen LogP contribution in [0, 0.1) is 5.92 Å². The van der Waals surface area contributed by atoms with Crippen LogP contribution in [0.3, 0.4) is 0 Å². The van der Waals surface area contributed by atoms with Crippen LogP contribution in [-0.4, -0.2) is 93.6 Å². The molecule has 5 amide bonds. The summed E-state index contributed by atoms with van der Waals surface area (Å²) in [5.74, 6) is -0.0126. The van der Waals surface area contributed by atoms with Gasteiger partial charge in [-0.1, -0.05) is 68.1 Å². The zero-order valence-corrected chi connectivity index (χ0v) is 34.1. The number of carbonyl (C=O) groups excluding carboxylic acids is 5. The van der Waals surface area contributed by atoms with E-state index in [1.807, 2.05) is 75.4 Å². The highest BCUT2D eigenvalue weighted by Gasteiger charge is 2.53. The van der Waals surface area contributed by atoms with Crippen molar-refractivity contribution in [2.45, 2.75) is 89.0 Å². The van der Waals surface area contributed by atoms with Crippen LogP contribution in [0.1, 0.15) is 122 Å². The van der Waals surface area contributed by atoms with Gasteiger partial charge in [-0.25, -0.2) is 5.48 Å². The first kappa shape index (κ1) is 41.9. The minimum Gasteiger partial charge on any atom is -0.355 e. The number of hydrogen-bond acceptors (Lipinski definition) is 7. The van der Waals surface area contributed by atoms with Crippen molar-refractivity contribution in [3.05, 3.63) is 142 Å². The summed E-state index contributed by atoms with van der Waals surface area (Å²) in [5.41, 5.74) is 7.81. The predicted octanol–water partition coefficient (Wildman–Crippen LogP) is 6.48. The van der Waals surface area contributed by atoms with Gasteiger partial charge >= 0.3 is 0 Å². The molecule has 4 aromatic carbocycles. The lowest BCUT2D eigenvalue weighted by molar-refractivity contribution is -0.135. The fourth-order valence-corrected chi connectivity index (χ4v) is 10.1. The Bertz CT molecular complexity index is 2300. The summed E-state index contributed by atoms with van der Waals surface area (Å²) in [7, 11) is 1.61. The molecule has 0 unspecified atom stereocenters. The summed E-state index contributed by atoms with van der Waals surface area (Å²) in [6.45, 7) is 4.42.